The smallest absolute Gasteiger partial charge is 0.251 e. The number of nitrogens with zero attached hydrogens (tertiary/aromatic N) is 3. The number of hydrogen-bond acceptors (Lipinski definition) is 5. The molecule has 0 aliphatic heterocycles. The summed E-state index contributed by atoms with van der Waals surface area (Å²) in [6.45, 7) is 4.44. The summed E-state index contributed by atoms with van der Waals surface area (Å²) in [5.74, 6) is 0.630. The lowest BCUT2D eigenvalue weighted by Gasteiger charge is -2.17. The lowest BCUT2D eigenvalue weighted by Crippen LogP contribution is -2.26. The summed E-state index contributed by atoms with van der Waals surface area (Å²) >= 11 is 6.31. The van der Waals surface area contributed by atoms with Crippen molar-refractivity contribution < 1.29 is 14.3 Å². The quantitative estimate of drug-likeness (QED) is 0.597. The zero-order valence-corrected chi connectivity index (χ0v) is 17.3. The molecule has 1 aromatic heterocycles. The minimum absolute atomic E-state index is 0.201. The number of amides is 1. The van der Waals surface area contributed by atoms with Gasteiger partial charge in [0, 0.05) is 5.56 Å². The number of rotatable bonds is 8. The molecular weight excluding hydrogens is 392 g/mol. The topological polar surface area (TPSA) is 78.3 Å². The maximum Gasteiger partial charge on any atom is 0.251 e. The zero-order valence-electron chi connectivity index (χ0n) is 16.6. The molecule has 2 aromatic carbocycles. The van der Waals surface area contributed by atoms with Gasteiger partial charge in [-0.25, -0.2) is 9.67 Å². The fourth-order valence-electron chi connectivity index (χ4n) is 2.82. The second-order valence-electron chi connectivity index (χ2n) is 6.46. The van der Waals surface area contributed by atoms with E-state index in [1.54, 1.807) is 23.1 Å². The van der Waals surface area contributed by atoms with Crippen molar-refractivity contribution in [1.29, 1.82) is 0 Å². The Bertz CT molecular complexity index is 959. The van der Waals surface area contributed by atoms with Crippen LogP contribution in [0.5, 0.6) is 11.5 Å². The van der Waals surface area contributed by atoms with Gasteiger partial charge in [-0.2, -0.15) is 5.10 Å². The Labute approximate surface area is 174 Å². The lowest BCUT2D eigenvalue weighted by molar-refractivity contribution is 0.0939. The summed E-state index contributed by atoms with van der Waals surface area (Å²) in [5, 5.41) is 7.42. The summed E-state index contributed by atoms with van der Waals surface area (Å²) < 4.78 is 12.7. The van der Waals surface area contributed by atoms with Crippen LogP contribution in [0.25, 0.3) is 5.69 Å². The molecule has 0 aliphatic carbocycles. The molecule has 3 aromatic rings. The molecular formula is C21H23ClN4O3. The molecule has 0 fully saturated rings. The van der Waals surface area contributed by atoms with E-state index in [1.807, 2.05) is 38.1 Å². The third-order valence-corrected chi connectivity index (χ3v) is 4.65. The molecule has 0 saturated heterocycles. The van der Waals surface area contributed by atoms with Crippen LogP contribution in [0.3, 0.4) is 0 Å². The van der Waals surface area contributed by atoms with Gasteiger partial charge in [-0.3, -0.25) is 4.79 Å². The Balaban J connectivity index is 1.73. The first kappa shape index (κ1) is 20.7. The zero-order chi connectivity index (χ0) is 20.8. The summed E-state index contributed by atoms with van der Waals surface area (Å²) in [7, 11) is 1.52. The van der Waals surface area contributed by atoms with E-state index >= 15 is 0 Å². The van der Waals surface area contributed by atoms with Crippen molar-refractivity contribution in [3.63, 3.8) is 0 Å². The van der Waals surface area contributed by atoms with E-state index in [0.29, 0.717) is 28.7 Å². The maximum atomic E-state index is 12.7. The first-order chi connectivity index (χ1) is 14.0. The average molecular weight is 415 g/mol. The van der Waals surface area contributed by atoms with Gasteiger partial charge in [0.1, 0.15) is 12.7 Å². The average Bonchev–Trinajstić information content (AvgIpc) is 3.27. The molecule has 0 spiro atoms. The number of nitrogens with one attached hydrogen (secondary N) is 1. The molecule has 1 amide bonds. The third kappa shape index (κ3) is 4.86. The van der Waals surface area contributed by atoms with E-state index in [2.05, 4.69) is 15.4 Å². The first-order valence-electron chi connectivity index (χ1n) is 9.29. The monoisotopic (exact) mass is 414 g/mol. The molecule has 0 saturated carbocycles. The van der Waals surface area contributed by atoms with Gasteiger partial charge in [-0.15, -0.1) is 0 Å². The fraction of sp³-hybridized carbons (Fsp3) is 0.286. The van der Waals surface area contributed by atoms with Gasteiger partial charge >= 0.3 is 0 Å². The Kier molecular flexibility index (Phi) is 6.72. The molecule has 0 bridgehead atoms. The standard InChI is InChI=1S/C21H23ClN4O3/c1-4-9-29-20-18(22)10-16(11-19(20)28-3)21(27)25-14(2)15-5-7-17(8-6-15)26-13-23-12-24-26/h5-8,10-14H,4,9H2,1-3H3,(H,25,27). The van der Waals surface area contributed by atoms with Crippen molar-refractivity contribution in [2.24, 2.45) is 0 Å². The van der Waals surface area contributed by atoms with Crippen molar-refractivity contribution >= 4 is 17.5 Å². The number of benzene rings is 2. The van der Waals surface area contributed by atoms with E-state index in [0.717, 1.165) is 17.7 Å². The van der Waals surface area contributed by atoms with E-state index in [1.165, 1.54) is 13.4 Å². The number of halogens is 1. The van der Waals surface area contributed by atoms with Crippen molar-refractivity contribution in [3.8, 4) is 17.2 Å². The minimum Gasteiger partial charge on any atom is -0.493 e. The third-order valence-electron chi connectivity index (χ3n) is 4.37. The van der Waals surface area contributed by atoms with Crippen molar-refractivity contribution in [2.75, 3.05) is 13.7 Å². The number of aromatic nitrogens is 3. The largest absolute Gasteiger partial charge is 0.493 e. The molecule has 1 N–H and O–H groups in total. The van der Waals surface area contributed by atoms with Gasteiger partial charge < -0.3 is 14.8 Å². The van der Waals surface area contributed by atoms with Crippen molar-refractivity contribution in [1.82, 2.24) is 20.1 Å². The fourth-order valence-corrected chi connectivity index (χ4v) is 3.08. The molecule has 152 valence electrons. The predicted octanol–water partition coefficient (Wildman–Crippen LogP) is 4.21. The van der Waals surface area contributed by atoms with Gasteiger partial charge in [0.05, 0.1) is 30.5 Å². The van der Waals surface area contributed by atoms with Crippen LogP contribution < -0.4 is 14.8 Å². The molecule has 1 atom stereocenters. The van der Waals surface area contributed by atoms with Gasteiger partial charge in [0.25, 0.3) is 5.91 Å². The highest BCUT2D eigenvalue weighted by molar-refractivity contribution is 6.32. The molecule has 1 heterocycles. The second-order valence-corrected chi connectivity index (χ2v) is 6.87. The van der Waals surface area contributed by atoms with Gasteiger partial charge in [0.2, 0.25) is 0 Å². The molecule has 0 radical (unpaired) electrons. The van der Waals surface area contributed by atoms with Crippen LogP contribution in [0.15, 0.2) is 49.1 Å². The normalized spacial score (nSPS) is 11.7. The van der Waals surface area contributed by atoms with Crippen LogP contribution in [0.1, 0.15) is 42.2 Å². The molecule has 3 rings (SSSR count). The Morgan fingerprint density at radius 3 is 2.66 bits per heavy atom. The molecule has 8 heteroatoms. The maximum absolute atomic E-state index is 12.7. The molecule has 7 nitrogen and oxygen atoms in total. The van der Waals surface area contributed by atoms with Crippen LogP contribution >= 0.6 is 11.6 Å². The minimum atomic E-state index is -0.250. The highest BCUT2D eigenvalue weighted by Gasteiger charge is 2.18. The van der Waals surface area contributed by atoms with Crippen LogP contribution in [-0.2, 0) is 0 Å². The van der Waals surface area contributed by atoms with Gasteiger partial charge in [0.15, 0.2) is 11.5 Å². The summed E-state index contributed by atoms with van der Waals surface area (Å²) in [5.41, 5.74) is 2.26. The number of hydrogen-bond donors (Lipinski definition) is 1. The number of methoxy groups -OCH3 is 1. The van der Waals surface area contributed by atoms with Crippen molar-refractivity contribution in [2.45, 2.75) is 26.3 Å². The van der Waals surface area contributed by atoms with Crippen LogP contribution in [0.4, 0.5) is 0 Å². The SMILES string of the molecule is CCCOc1c(Cl)cc(C(=O)NC(C)c2ccc(-n3cncn3)cc2)cc1OC. The number of carbonyl (C=O) groups is 1. The first-order valence-corrected chi connectivity index (χ1v) is 9.67. The van der Waals surface area contributed by atoms with Gasteiger partial charge in [-0.1, -0.05) is 30.7 Å². The Morgan fingerprint density at radius 1 is 1.28 bits per heavy atom. The Morgan fingerprint density at radius 2 is 2.03 bits per heavy atom. The highest BCUT2D eigenvalue weighted by atomic mass is 35.5. The lowest BCUT2D eigenvalue weighted by atomic mass is 10.1. The number of ether oxygens (including phenoxy) is 2. The highest BCUT2D eigenvalue weighted by Crippen LogP contribution is 2.36. The number of carbonyl (C=O) groups excluding carboxylic acids is 1. The predicted molar refractivity (Wildman–Crippen MR) is 111 cm³/mol. The molecule has 0 aliphatic rings. The van der Waals surface area contributed by atoms with E-state index in [4.69, 9.17) is 21.1 Å². The van der Waals surface area contributed by atoms with Gasteiger partial charge in [-0.05, 0) is 43.2 Å². The Hall–Kier alpha value is -3.06. The second kappa shape index (κ2) is 9.43. The molecule has 29 heavy (non-hydrogen) atoms. The van der Waals surface area contributed by atoms with Crippen LogP contribution in [-0.4, -0.2) is 34.4 Å². The van der Waals surface area contributed by atoms with E-state index < -0.39 is 0 Å². The molecule has 1 unspecified atom stereocenters. The summed E-state index contributed by atoms with van der Waals surface area (Å²) in [6.07, 6.45) is 3.95. The van der Waals surface area contributed by atoms with Crippen LogP contribution in [0.2, 0.25) is 5.02 Å². The van der Waals surface area contributed by atoms with E-state index in [9.17, 15) is 4.79 Å². The summed E-state index contributed by atoms with van der Waals surface area (Å²) in [6, 6.07) is 10.7. The summed E-state index contributed by atoms with van der Waals surface area (Å²) in [4.78, 5) is 16.7. The van der Waals surface area contributed by atoms with Crippen LogP contribution in [0, 0.1) is 0 Å². The van der Waals surface area contributed by atoms with Crippen molar-refractivity contribution in [3.05, 3.63) is 65.2 Å². The van der Waals surface area contributed by atoms with E-state index in [-0.39, 0.29) is 11.9 Å².